The van der Waals surface area contributed by atoms with E-state index in [4.69, 9.17) is 0 Å². The first-order valence-corrected chi connectivity index (χ1v) is 11.0. The molecule has 152 valence electrons. The number of sulfonamides is 1. The minimum Gasteiger partial charge on any atom is -0.338 e. The first-order valence-electron chi connectivity index (χ1n) is 9.14. The van der Waals surface area contributed by atoms with Crippen LogP contribution in [-0.2, 0) is 21.4 Å². The average molecular weight is 408 g/mol. The van der Waals surface area contributed by atoms with Crippen molar-refractivity contribution in [3.8, 4) is 0 Å². The molecule has 2 heterocycles. The lowest BCUT2D eigenvalue weighted by molar-refractivity contribution is -0.125. The molecule has 3 rings (SSSR count). The van der Waals surface area contributed by atoms with Gasteiger partial charge in [0, 0.05) is 25.2 Å². The number of likely N-dealkylation sites (tertiary alicyclic amines) is 1. The quantitative estimate of drug-likeness (QED) is 0.650. The predicted octanol–water partition coefficient (Wildman–Crippen LogP) is 0.140. The van der Waals surface area contributed by atoms with Crippen molar-refractivity contribution in [1.82, 2.24) is 19.8 Å². The van der Waals surface area contributed by atoms with Gasteiger partial charge in [-0.15, -0.1) is 0 Å². The van der Waals surface area contributed by atoms with Gasteiger partial charge in [0.1, 0.15) is 0 Å². The summed E-state index contributed by atoms with van der Waals surface area (Å²) in [5.74, 6) is -0.358. The molecule has 2 N–H and O–H groups in total. The van der Waals surface area contributed by atoms with E-state index in [0.29, 0.717) is 30.8 Å². The highest BCUT2D eigenvalue weighted by Crippen LogP contribution is 2.19. The molecule has 0 spiro atoms. The van der Waals surface area contributed by atoms with Crippen LogP contribution < -0.4 is 10.0 Å². The number of imide groups is 1. The number of rotatable bonds is 6. The van der Waals surface area contributed by atoms with E-state index in [9.17, 15) is 22.8 Å². The zero-order valence-electron chi connectivity index (χ0n) is 15.7. The molecule has 0 saturated carbocycles. The van der Waals surface area contributed by atoms with Crippen molar-refractivity contribution in [2.45, 2.75) is 19.4 Å². The average Bonchev–Trinajstić information content (AvgIpc) is 2.98. The Hall–Kier alpha value is -2.46. The smallest absolute Gasteiger partial charge is 0.324 e. The predicted molar refractivity (Wildman–Crippen MR) is 102 cm³/mol. The number of urea groups is 1. The molecular weight excluding hydrogens is 384 g/mol. The van der Waals surface area contributed by atoms with Crippen molar-refractivity contribution in [3.63, 3.8) is 0 Å². The Labute approximate surface area is 164 Å². The third kappa shape index (κ3) is 5.08. The first kappa shape index (κ1) is 20.3. The van der Waals surface area contributed by atoms with Crippen LogP contribution >= 0.6 is 0 Å². The standard InChI is InChI=1S/C18H24N4O5S/c1-28(26,27)20-9-14-5-3-7-21(11-14)17(24)15-6-2-4-13(8-15)12-22-16(23)10-19-18(22)25/h2,4,6,8,14,20H,3,5,7,9-12H2,1H3,(H,19,25)/t14-/m0/s1. The van der Waals surface area contributed by atoms with Gasteiger partial charge in [-0.25, -0.2) is 17.9 Å². The number of hydrogen-bond acceptors (Lipinski definition) is 5. The molecule has 4 amide bonds. The van der Waals surface area contributed by atoms with Crippen molar-refractivity contribution in [2.24, 2.45) is 5.92 Å². The van der Waals surface area contributed by atoms with E-state index in [-0.39, 0.29) is 30.8 Å². The maximum absolute atomic E-state index is 12.9. The lowest BCUT2D eigenvalue weighted by atomic mass is 9.97. The molecule has 9 nitrogen and oxygen atoms in total. The molecule has 10 heteroatoms. The molecule has 2 aliphatic rings. The topological polar surface area (TPSA) is 116 Å². The summed E-state index contributed by atoms with van der Waals surface area (Å²) in [6.07, 6.45) is 2.79. The minimum atomic E-state index is -3.26. The van der Waals surface area contributed by atoms with Crippen molar-refractivity contribution < 1.29 is 22.8 Å². The maximum Gasteiger partial charge on any atom is 0.324 e. The fraction of sp³-hybridized carbons (Fsp3) is 0.500. The van der Waals surface area contributed by atoms with Crippen LogP contribution in [0.1, 0.15) is 28.8 Å². The molecule has 2 fully saturated rings. The van der Waals surface area contributed by atoms with Gasteiger partial charge in [0.2, 0.25) is 15.9 Å². The molecule has 1 atom stereocenters. The number of benzene rings is 1. The summed E-state index contributed by atoms with van der Waals surface area (Å²) in [5, 5.41) is 2.47. The van der Waals surface area contributed by atoms with Crippen molar-refractivity contribution in [1.29, 1.82) is 0 Å². The summed E-state index contributed by atoms with van der Waals surface area (Å²) in [4.78, 5) is 39.2. The van der Waals surface area contributed by atoms with Crippen molar-refractivity contribution in [2.75, 3.05) is 32.4 Å². The highest BCUT2D eigenvalue weighted by Gasteiger charge is 2.29. The Kier molecular flexibility index (Phi) is 5.99. The van der Waals surface area contributed by atoms with Gasteiger partial charge < -0.3 is 10.2 Å². The molecule has 2 aliphatic heterocycles. The normalized spacial score (nSPS) is 20.4. The monoisotopic (exact) mass is 408 g/mol. The van der Waals surface area contributed by atoms with Gasteiger partial charge in [0.05, 0.1) is 19.3 Å². The number of amides is 4. The molecule has 0 unspecified atom stereocenters. The second-order valence-electron chi connectivity index (χ2n) is 7.22. The second-order valence-corrected chi connectivity index (χ2v) is 9.05. The van der Waals surface area contributed by atoms with E-state index in [1.54, 1.807) is 29.2 Å². The van der Waals surface area contributed by atoms with Gasteiger partial charge >= 0.3 is 6.03 Å². The van der Waals surface area contributed by atoms with E-state index < -0.39 is 16.1 Å². The summed E-state index contributed by atoms with van der Waals surface area (Å²) in [6.45, 7) is 1.53. The Morgan fingerprint density at radius 1 is 1.32 bits per heavy atom. The van der Waals surface area contributed by atoms with Gasteiger partial charge in [-0.05, 0) is 36.5 Å². The van der Waals surface area contributed by atoms with Crippen molar-refractivity contribution >= 4 is 27.9 Å². The number of carbonyl (C=O) groups excluding carboxylic acids is 3. The van der Waals surface area contributed by atoms with E-state index in [1.807, 2.05) is 0 Å². The highest BCUT2D eigenvalue weighted by molar-refractivity contribution is 7.88. The largest absolute Gasteiger partial charge is 0.338 e. The molecule has 0 aromatic heterocycles. The SMILES string of the molecule is CS(=O)(=O)NC[C@@H]1CCCN(C(=O)c2cccc(CN3C(=O)CNC3=O)c2)C1. The molecule has 0 bridgehead atoms. The maximum atomic E-state index is 12.9. The molecule has 1 aromatic carbocycles. The van der Waals surface area contributed by atoms with E-state index >= 15 is 0 Å². The Morgan fingerprint density at radius 2 is 2.11 bits per heavy atom. The number of nitrogens with zero attached hydrogens (tertiary/aromatic N) is 2. The summed E-state index contributed by atoms with van der Waals surface area (Å²) >= 11 is 0. The van der Waals surface area contributed by atoms with Gasteiger partial charge in [-0.2, -0.15) is 0 Å². The molecule has 1 aromatic rings. The molecule has 0 aliphatic carbocycles. The summed E-state index contributed by atoms with van der Waals surface area (Å²) in [7, 11) is -3.26. The van der Waals surface area contributed by atoms with Gasteiger partial charge in [0.25, 0.3) is 5.91 Å². The molecule has 2 saturated heterocycles. The van der Waals surface area contributed by atoms with Crippen LogP contribution in [0.15, 0.2) is 24.3 Å². The van der Waals surface area contributed by atoms with Crippen LogP contribution in [0.25, 0.3) is 0 Å². The minimum absolute atomic E-state index is 0.00582. The number of hydrogen-bond donors (Lipinski definition) is 2. The zero-order chi connectivity index (χ0) is 20.3. The molecular formula is C18H24N4O5S. The van der Waals surface area contributed by atoms with Crippen LogP contribution in [0.3, 0.4) is 0 Å². The van der Waals surface area contributed by atoms with Crippen LogP contribution in [0.5, 0.6) is 0 Å². The number of nitrogens with one attached hydrogen (secondary N) is 2. The van der Waals surface area contributed by atoms with E-state index in [1.165, 1.54) is 0 Å². The summed E-state index contributed by atoms with van der Waals surface area (Å²) in [5.41, 5.74) is 1.19. The Balaban J connectivity index is 1.65. The zero-order valence-corrected chi connectivity index (χ0v) is 16.5. The fourth-order valence-corrected chi connectivity index (χ4v) is 4.01. The fourth-order valence-electron chi connectivity index (χ4n) is 3.47. The lowest BCUT2D eigenvalue weighted by Gasteiger charge is -2.33. The summed E-state index contributed by atoms with van der Waals surface area (Å²) < 4.78 is 25.1. The third-order valence-electron chi connectivity index (χ3n) is 4.89. The van der Waals surface area contributed by atoms with Gasteiger partial charge in [0.15, 0.2) is 0 Å². The molecule has 28 heavy (non-hydrogen) atoms. The number of piperidine rings is 1. The Bertz CT molecular complexity index is 870. The lowest BCUT2D eigenvalue weighted by Crippen LogP contribution is -2.43. The van der Waals surface area contributed by atoms with Crippen LogP contribution in [0.4, 0.5) is 4.79 Å². The van der Waals surface area contributed by atoms with Crippen molar-refractivity contribution in [3.05, 3.63) is 35.4 Å². The Morgan fingerprint density at radius 3 is 2.79 bits per heavy atom. The first-order chi connectivity index (χ1) is 13.2. The second kappa shape index (κ2) is 8.27. The highest BCUT2D eigenvalue weighted by atomic mass is 32.2. The third-order valence-corrected chi connectivity index (χ3v) is 5.58. The number of carbonyl (C=O) groups is 3. The summed E-state index contributed by atoms with van der Waals surface area (Å²) in [6, 6.07) is 6.47. The van der Waals surface area contributed by atoms with E-state index in [0.717, 1.165) is 24.0 Å². The van der Waals surface area contributed by atoms with Crippen LogP contribution in [-0.4, -0.2) is 68.5 Å². The van der Waals surface area contributed by atoms with Crippen LogP contribution in [0, 0.1) is 5.92 Å². The van der Waals surface area contributed by atoms with Gasteiger partial charge in [-0.1, -0.05) is 12.1 Å². The van der Waals surface area contributed by atoms with Gasteiger partial charge in [-0.3, -0.25) is 14.5 Å². The molecule has 0 radical (unpaired) electrons. The van der Waals surface area contributed by atoms with Crippen LogP contribution in [0.2, 0.25) is 0 Å². The van der Waals surface area contributed by atoms with E-state index in [2.05, 4.69) is 10.0 Å².